The normalized spacial score (nSPS) is 14.1. The van der Waals surface area contributed by atoms with E-state index in [4.69, 9.17) is 20.9 Å². The smallest absolute Gasteiger partial charge is 0.425 e. The number of carbonyl (C=O) groups is 4. The lowest BCUT2D eigenvalue weighted by Gasteiger charge is -2.28. The van der Waals surface area contributed by atoms with E-state index < -0.39 is 40.8 Å². The van der Waals surface area contributed by atoms with Crippen LogP contribution in [0.5, 0.6) is 0 Å². The standard InChI is InChI=1S/C42H46FN5O6.C32H30FN5O2.C17H19FN2O.ClH/c1-26-22-35(36(49)24-30-23-29(15-17-33(30)43)34(18-13-27-11-12-27)46-21-9-8-10-37(46)50)48(45-26)31-16-14-28-19-20-44-38(32(28)25-31)47(39(51)53-41(2,3)4)40(52)54-42(5,6)7;1-20-16-29(38(36-20)25-10-8-22-13-14-35-32(34)26(22)19-25)30(39)18-24-17-23(9-11-27(24)33)28(12-7-21-5-6-21)37-15-3-2-4-31(37)40;18-14-8-7-13(11-15(14)19)16(9-6-12-4-5-12)20-10-2-1-3-17(20)21;/h8-10,14-17,19-23,25,27,34H,11-13,18,24H2,1-7H3;2-4,8-11,13-17,19,21,28H,5-7,12,18H2,1H3,(H2,34,35);1-3,7-8,10-12,16H,4-6,9,19H2;1H. The second-order valence-corrected chi connectivity index (χ2v) is 32.2. The van der Waals surface area contributed by atoms with Crippen molar-refractivity contribution >= 4 is 75.0 Å². The van der Waals surface area contributed by atoms with Gasteiger partial charge in [0.15, 0.2) is 17.4 Å². The van der Waals surface area contributed by atoms with Gasteiger partial charge in [0.25, 0.3) is 16.7 Å². The van der Waals surface area contributed by atoms with Crippen molar-refractivity contribution in [2.45, 2.75) is 175 Å². The van der Waals surface area contributed by atoms with Crippen LogP contribution in [0.2, 0.25) is 0 Å². The molecule has 7 heterocycles. The number of nitrogens with zero attached hydrogens (tertiary/aromatic N) is 10. The second-order valence-electron chi connectivity index (χ2n) is 32.2. The van der Waals surface area contributed by atoms with E-state index in [-0.39, 0.29) is 94.4 Å². The van der Waals surface area contributed by atoms with E-state index in [0.717, 1.165) is 76.8 Å². The lowest BCUT2D eigenvalue weighted by Crippen LogP contribution is -2.44. The molecule has 602 valence electrons. The zero-order valence-corrected chi connectivity index (χ0v) is 67.1. The van der Waals surface area contributed by atoms with E-state index in [2.05, 4.69) is 20.2 Å². The van der Waals surface area contributed by atoms with Crippen LogP contribution >= 0.6 is 12.4 Å². The van der Waals surface area contributed by atoms with Crippen LogP contribution in [0.25, 0.3) is 32.9 Å². The van der Waals surface area contributed by atoms with Gasteiger partial charge in [-0.05, 0) is 241 Å². The van der Waals surface area contributed by atoms with Crippen molar-refractivity contribution in [3.05, 3.63) is 300 Å². The first-order valence-corrected chi connectivity index (χ1v) is 39.1. The Balaban J connectivity index is 0.000000174. The van der Waals surface area contributed by atoms with Crippen molar-refractivity contribution in [1.82, 2.24) is 43.2 Å². The van der Waals surface area contributed by atoms with Crippen molar-refractivity contribution in [2.75, 3.05) is 16.4 Å². The van der Waals surface area contributed by atoms with Gasteiger partial charge in [-0.15, -0.1) is 12.4 Å². The number of hydrogen-bond acceptors (Lipinski definition) is 15. The maximum Gasteiger partial charge on any atom is 0.425 e. The maximum atomic E-state index is 15.4. The van der Waals surface area contributed by atoms with Crippen LogP contribution in [0, 0.1) is 49.1 Å². The molecule has 7 aromatic heterocycles. The van der Waals surface area contributed by atoms with Gasteiger partial charge in [0, 0.05) is 72.8 Å². The van der Waals surface area contributed by atoms with Crippen LogP contribution in [0.3, 0.4) is 0 Å². The summed E-state index contributed by atoms with van der Waals surface area (Å²) in [5.41, 5.74) is 15.6. The van der Waals surface area contributed by atoms with Gasteiger partial charge in [-0.2, -0.15) is 15.1 Å². The molecule has 3 saturated carbocycles. The van der Waals surface area contributed by atoms with Crippen molar-refractivity contribution in [3.63, 3.8) is 0 Å². The van der Waals surface area contributed by atoms with Crippen molar-refractivity contribution < 1.29 is 41.8 Å². The number of rotatable bonds is 24. The lowest BCUT2D eigenvalue weighted by molar-refractivity contribution is 0.0428. The second kappa shape index (κ2) is 35.8. The number of ether oxygens (including phenoxy) is 2. The monoisotopic (exact) mass is 1590 g/mol. The molecule has 4 N–H and O–H groups in total. The molecule has 116 heavy (non-hydrogen) atoms. The summed E-state index contributed by atoms with van der Waals surface area (Å²) in [5, 5.41) is 11.9. The molecule has 21 nitrogen and oxygen atoms in total. The summed E-state index contributed by atoms with van der Waals surface area (Å²) < 4.78 is 63.2. The predicted octanol–water partition coefficient (Wildman–Crippen LogP) is 18.5. The Bertz CT molecular complexity index is 5780. The molecule has 3 atom stereocenters. The van der Waals surface area contributed by atoms with Crippen molar-refractivity contribution in [2.24, 2.45) is 17.8 Å². The molecule has 3 unspecified atom stereocenters. The van der Waals surface area contributed by atoms with Crippen LogP contribution in [0.15, 0.2) is 215 Å². The highest BCUT2D eigenvalue weighted by Gasteiger charge is 2.36. The summed E-state index contributed by atoms with van der Waals surface area (Å²) in [4.78, 5) is 102. The molecule has 25 heteroatoms. The van der Waals surface area contributed by atoms with E-state index in [1.807, 2.05) is 43.3 Å². The first kappa shape index (κ1) is 83.4. The van der Waals surface area contributed by atoms with Crippen LogP contribution in [0.4, 0.5) is 40.1 Å². The van der Waals surface area contributed by atoms with Gasteiger partial charge in [0.1, 0.15) is 45.9 Å². The minimum absolute atomic E-state index is 0. The van der Waals surface area contributed by atoms with E-state index in [9.17, 15) is 38.0 Å². The lowest BCUT2D eigenvalue weighted by atomic mass is 9.96. The first-order valence-electron chi connectivity index (χ1n) is 39.1. The number of ketones is 2. The number of aromatic nitrogens is 9. The third-order valence-electron chi connectivity index (χ3n) is 20.8. The highest BCUT2D eigenvalue weighted by Crippen LogP contribution is 2.41. The summed E-state index contributed by atoms with van der Waals surface area (Å²) in [7, 11) is 0. The fraction of sp³-hybridized carbons (Fsp3) is 0.330. The highest BCUT2D eigenvalue weighted by atomic mass is 35.5. The molecule has 0 radical (unpaired) electrons. The summed E-state index contributed by atoms with van der Waals surface area (Å²) in [6.07, 6.45) is 18.9. The third-order valence-corrected chi connectivity index (χ3v) is 20.8. The number of imide groups is 1. The molecule has 3 fully saturated rings. The molecule has 5 aromatic carbocycles. The van der Waals surface area contributed by atoms with Gasteiger partial charge >= 0.3 is 12.2 Å². The SMILES string of the molecule is Cc1cc(C(=O)Cc2cc(C(CCC3CC3)n3ccccc3=O)ccc2F)n(-c2ccc3ccnc(N(C(=O)OC(C)(C)C)C(=O)OC(C)(C)C)c3c2)n1.Cc1cc(C(=O)Cc2cc(C(CCC3CC3)n3ccccc3=O)ccc2F)n(-c2ccc3ccnc(N)c3c2)n1.Cl.Nc1cc(C(CCC2CC2)n2ccccc2=O)ccc1F. The number of benzene rings is 5. The van der Waals surface area contributed by atoms with Crippen LogP contribution in [0.1, 0.15) is 197 Å². The number of nitrogens with two attached hydrogens (primary N) is 2. The Morgan fingerprint density at radius 2 is 0.853 bits per heavy atom. The summed E-state index contributed by atoms with van der Waals surface area (Å²) in [6, 6.07) is 46.7. The maximum absolute atomic E-state index is 15.4. The number of nitrogen functional groups attached to an aromatic ring is 2. The Hall–Kier alpha value is -12.1. The molecule has 0 spiro atoms. The Morgan fingerprint density at radius 1 is 0.474 bits per heavy atom. The number of fused-ring (bicyclic) bond motifs is 2. The van der Waals surface area contributed by atoms with Crippen molar-refractivity contribution in [3.8, 4) is 11.4 Å². The number of Topliss-reactive ketones (excluding diaryl/α,β-unsaturated/α-hetero) is 2. The van der Waals surface area contributed by atoms with E-state index >= 15 is 8.78 Å². The number of amides is 2. The molecule has 3 aliphatic carbocycles. The fourth-order valence-electron chi connectivity index (χ4n) is 14.5. The number of anilines is 3. The number of carbonyl (C=O) groups excluding carboxylic acids is 4. The average Bonchev–Trinajstić information content (AvgIpc) is 1.21. The average molecular weight is 1590 g/mol. The topological polar surface area (TPSA) is 269 Å². The molecule has 0 aliphatic heterocycles. The fourth-order valence-corrected chi connectivity index (χ4v) is 14.5. The number of pyridine rings is 5. The Labute approximate surface area is 676 Å². The molecule has 2 amide bonds. The molecule has 12 aromatic rings. The summed E-state index contributed by atoms with van der Waals surface area (Å²) in [6.45, 7) is 13.7. The predicted molar refractivity (Wildman–Crippen MR) is 446 cm³/mol. The number of aryl methyl sites for hydroxylation is 2. The van der Waals surface area contributed by atoms with Gasteiger partial charge in [0.2, 0.25) is 0 Å². The summed E-state index contributed by atoms with van der Waals surface area (Å²) in [5.74, 6) is 0.435. The molecule has 3 aliphatic rings. The zero-order valence-electron chi connectivity index (χ0n) is 66.3. The van der Waals surface area contributed by atoms with Gasteiger partial charge in [-0.1, -0.05) is 99.2 Å². The van der Waals surface area contributed by atoms with Crippen molar-refractivity contribution in [1.29, 1.82) is 0 Å². The third kappa shape index (κ3) is 20.7. The highest BCUT2D eigenvalue weighted by molar-refractivity contribution is 6.14. The van der Waals surface area contributed by atoms with Gasteiger partial charge < -0.3 is 34.6 Å². The van der Waals surface area contributed by atoms with E-state index in [0.29, 0.717) is 62.4 Å². The quantitative estimate of drug-likeness (QED) is 0.0420. The van der Waals surface area contributed by atoms with E-state index in [1.165, 1.54) is 79.7 Å². The zero-order chi connectivity index (χ0) is 81.6. The Morgan fingerprint density at radius 3 is 1.24 bits per heavy atom. The molecular weight excluding hydrogens is 1500 g/mol. The van der Waals surface area contributed by atoms with Crippen LogP contribution < -0.4 is 33.0 Å². The van der Waals surface area contributed by atoms with E-state index in [1.54, 1.807) is 195 Å². The minimum atomic E-state index is -0.968. The number of halogens is 4. The summed E-state index contributed by atoms with van der Waals surface area (Å²) >= 11 is 0. The van der Waals surface area contributed by atoms with Gasteiger partial charge in [-0.25, -0.2) is 42.1 Å². The molecule has 0 saturated heterocycles. The largest absolute Gasteiger partial charge is 0.443 e. The van der Waals surface area contributed by atoms with Gasteiger partial charge in [-0.3, -0.25) is 24.0 Å². The van der Waals surface area contributed by atoms with Gasteiger partial charge in [0.05, 0.1) is 46.6 Å². The Kier molecular flexibility index (Phi) is 25.7. The first-order chi connectivity index (χ1) is 55.0. The molecule has 0 bridgehead atoms. The van der Waals surface area contributed by atoms with Crippen LogP contribution in [-0.4, -0.2) is 78.2 Å². The minimum Gasteiger partial charge on any atom is -0.443 e. The van der Waals surface area contributed by atoms with Crippen LogP contribution in [-0.2, 0) is 22.3 Å². The molecular formula is C91H96ClF3N12O9. The number of hydrogen-bond donors (Lipinski definition) is 2. The molecule has 15 rings (SSSR count).